The second-order valence-electron chi connectivity index (χ2n) is 6.92. The lowest BCUT2D eigenvalue weighted by Crippen LogP contribution is -2.47. The van der Waals surface area contributed by atoms with E-state index in [4.69, 9.17) is 5.11 Å². The molecule has 0 radical (unpaired) electrons. The second-order valence-corrected chi connectivity index (χ2v) is 8.86. The van der Waals surface area contributed by atoms with Gasteiger partial charge in [-0.05, 0) is 38.8 Å². The number of rotatable bonds is 6. The van der Waals surface area contributed by atoms with Gasteiger partial charge in [0.05, 0.1) is 16.2 Å². The van der Waals surface area contributed by atoms with E-state index < -0.39 is 27.3 Å². The van der Waals surface area contributed by atoms with Gasteiger partial charge in [0.15, 0.2) is 0 Å². The topological polar surface area (TPSA) is 104 Å². The molecule has 1 fully saturated rings. The molecule has 2 rings (SSSR count). The molecular weight excluding hydrogens is 344 g/mol. The number of carbonyl (C=O) groups is 2. The number of hydrogen-bond acceptors (Lipinski definition) is 4. The van der Waals surface area contributed by atoms with Gasteiger partial charge >= 0.3 is 5.97 Å². The van der Waals surface area contributed by atoms with Gasteiger partial charge in [0.1, 0.15) is 0 Å². The molecule has 1 aromatic carbocycles. The van der Waals surface area contributed by atoms with Crippen LogP contribution in [0.1, 0.15) is 26.7 Å². The fourth-order valence-electron chi connectivity index (χ4n) is 2.64. The molecule has 1 saturated heterocycles. The summed E-state index contributed by atoms with van der Waals surface area (Å²) in [7, 11) is -3.63. The van der Waals surface area contributed by atoms with Crippen molar-refractivity contribution in [2.75, 3.05) is 19.6 Å². The van der Waals surface area contributed by atoms with Gasteiger partial charge in [-0.2, -0.15) is 4.31 Å². The van der Waals surface area contributed by atoms with Crippen LogP contribution < -0.4 is 5.32 Å². The predicted octanol–water partition coefficient (Wildman–Crippen LogP) is 1.31. The minimum absolute atomic E-state index is 0.00308. The van der Waals surface area contributed by atoms with Crippen LogP contribution in [-0.4, -0.2) is 49.3 Å². The molecule has 1 heterocycles. The molecule has 0 aromatic heterocycles. The molecule has 1 unspecified atom stereocenters. The highest BCUT2D eigenvalue weighted by Crippen LogP contribution is 2.24. The quantitative estimate of drug-likeness (QED) is 0.788. The van der Waals surface area contributed by atoms with Gasteiger partial charge in [-0.3, -0.25) is 9.59 Å². The summed E-state index contributed by atoms with van der Waals surface area (Å²) < 4.78 is 26.7. The molecule has 1 aromatic rings. The average Bonchev–Trinajstić information content (AvgIpc) is 2.60. The highest BCUT2D eigenvalue weighted by molar-refractivity contribution is 7.89. The van der Waals surface area contributed by atoms with Gasteiger partial charge in [-0.25, -0.2) is 8.42 Å². The van der Waals surface area contributed by atoms with Crippen molar-refractivity contribution in [1.82, 2.24) is 9.62 Å². The molecule has 2 N–H and O–H groups in total. The molecule has 7 nitrogen and oxygen atoms in total. The number of sulfonamides is 1. The molecule has 138 valence electrons. The summed E-state index contributed by atoms with van der Waals surface area (Å²) in [5.41, 5.74) is -1.07. The Balaban J connectivity index is 2.03. The van der Waals surface area contributed by atoms with Gasteiger partial charge in [-0.1, -0.05) is 18.2 Å². The zero-order chi connectivity index (χ0) is 18.7. The zero-order valence-corrected chi connectivity index (χ0v) is 15.3. The van der Waals surface area contributed by atoms with Crippen LogP contribution in [0, 0.1) is 11.3 Å². The number of amides is 1. The number of benzene rings is 1. The third-order valence-electron chi connectivity index (χ3n) is 4.42. The standard InChI is InChI=1S/C17H24N2O5S/c1-17(2,16(21)22)12-18-15(20)13-7-6-10-19(11-13)25(23,24)14-8-4-3-5-9-14/h3-5,8-9,13H,6-7,10-12H2,1-2H3,(H,18,20)(H,21,22). The third kappa shape index (κ3) is 4.58. The van der Waals surface area contributed by atoms with Gasteiger partial charge in [0.2, 0.25) is 15.9 Å². The number of nitrogens with one attached hydrogen (secondary N) is 1. The van der Waals surface area contributed by atoms with Crippen LogP contribution in [0.2, 0.25) is 0 Å². The molecule has 1 amide bonds. The Labute approximate surface area is 148 Å². The van der Waals surface area contributed by atoms with Crippen molar-refractivity contribution in [2.45, 2.75) is 31.6 Å². The molecule has 0 aliphatic carbocycles. The smallest absolute Gasteiger partial charge is 0.310 e. The lowest BCUT2D eigenvalue weighted by Gasteiger charge is -2.31. The third-order valence-corrected chi connectivity index (χ3v) is 6.30. The molecule has 1 aliphatic rings. The summed E-state index contributed by atoms with van der Waals surface area (Å²) in [6.45, 7) is 3.55. The normalized spacial score (nSPS) is 19.4. The Morgan fingerprint density at radius 2 is 1.92 bits per heavy atom. The van der Waals surface area contributed by atoms with Crippen molar-refractivity contribution in [1.29, 1.82) is 0 Å². The number of aliphatic carboxylic acids is 1. The minimum Gasteiger partial charge on any atom is -0.481 e. The van der Waals surface area contributed by atoms with Crippen LogP contribution in [0.5, 0.6) is 0 Å². The largest absolute Gasteiger partial charge is 0.481 e. The van der Waals surface area contributed by atoms with Gasteiger partial charge in [-0.15, -0.1) is 0 Å². The summed E-state index contributed by atoms with van der Waals surface area (Å²) in [5.74, 6) is -1.77. The average molecular weight is 368 g/mol. The van der Waals surface area contributed by atoms with Gasteiger partial charge < -0.3 is 10.4 Å². The number of nitrogens with zero attached hydrogens (tertiary/aromatic N) is 1. The van der Waals surface area contributed by atoms with Crippen molar-refractivity contribution in [3.8, 4) is 0 Å². The van der Waals surface area contributed by atoms with Crippen LogP contribution in [-0.2, 0) is 19.6 Å². The Kier molecular flexibility index (Phi) is 5.84. The molecule has 25 heavy (non-hydrogen) atoms. The number of carbonyl (C=O) groups excluding carboxylic acids is 1. The summed E-state index contributed by atoms with van der Waals surface area (Å²) in [6.07, 6.45) is 1.17. The highest BCUT2D eigenvalue weighted by Gasteiger charge is 2.34. The maximum atomic E-state index is 12.7. The van der Waals surface area contributed by atoms with Crippen molar-refractivity contribution in [3.05, 3.63) is 30.3 Å². The fraction of sp³-hybridized carbons (Fsp3) is 0.529. The number of carboxylic acid groups (broad SMARTS) is 1. The predicted molar refractivity (Wildman–Crippen MR) is 92.4 cm³/mol. The maximum absolute atomic E-state index is 12.7. The van der Waals surface area contributed by atoms with Crippen LogP contribution >= 0.6 is 0 Å². The molecule has 0 saturated carbocycles. The van der Waals surface area contributed by atoms with E-state index in [1.54, 1.807) is 18.2 Å². The first kappa shape index (κ1) is 19.4. The molecule has 1 aliphatic heterocycles. The Morgan fingerprint density at radius 1 is 1.28 bits per heavy atom. The minimum atomic E-state index is -3.63. The van der Waals surface area contributed by atoms with E-state index >= 15 is 0 Å². The monoisotopic (exact) mass is 368 g/mol. The van der Waals surface area contributed by atoms with Gasteiger partial charge in [0.25, 0.3) is 0 Å². The molecule has 1 atom stereocenters. The molecule has 0 spiro atoms. The SMILES string of the molecule is CC(C)(CNC(=O)C1CCCN(S(=O)(=O)c2ccccc2)C1)C(=O)O. The Morgan fingerprint density at radius 3 is 2.52 bits per heavy atom. The first-order valence-corrected chi connectivity index (χ1v) is 9.65. The van der Waals surface area contributed by atoms with E-state index in [0.717, 1.165) is 0 Å². The van der Waals surface area contributed by atoms with Crippen molar-refractivity contribution in [2.24, 2.45) is 11.3 Å². The van der Waals surface area contributed by atoms with Crippen molar-refractivity contribution >= 4 is 21.9 Å². The van der Waals surface area contributed by atoms with Crippen LogP contribution in [0.4, 0.5) is 0 Å². The highest BCUT2D eigenvalue weighted by atomic mass is 32.2. The first-order chi connectivity index (χ1) is 11.6. The summed E-state index contributed by atoms with van der Waals surface area (Å²) >= 11 is 0. The van der Waals surface area contributed by atoms with E-state index in [9.17, 15) is 18.0 Å². The van der Waals surface area contributed by atoms with Crippen molar-refractivity contribution in [3.63, 3.8) is 0 Å². The first-order valence-electron chi connectivity index (χ1n) is 8.21. The molecule has 0 bridgehead atoms. The number of piperidine rings is 1. The summed E-state index contributed by atoms with van der Waals surface area (Å²) in [5, 5.41) is 11.7. The van der Waals surface area contributed by atoms with Crippen molar-refractivity contribution < 1.29 is 23.1 Å². The zero-order valence-electron chi connectivity index (χ0n) is 14.4. The Hall–Kier alpha value is -1.93. The van der Waals surface area contributed by atoms with E-state index in [1.807, 2.05) is 0 Å². The fourth-order valence-corrected chi connectivity index (χ4v) is 4.19. The van der Waals surface area contributed by atoms with E-state index in [-0.39, 0.29) is 23.9 Å². The lowest BCUT2D eigenvalue weighted by molar-refractivity contribution is -0.146. The lowest BCUT2D eigenvalue weighted by atomic mass is 9.93. The summed E-state index contributed by atoms with van der Waals surface area (Å²) in [6, 6.07) is 8.14. The summed E-state index contributed by atoms with van der Waals surface area (Å²) in [4.78, 5) is 23.7. The number of carboxylic acids is 1. The Bertz CT molecular complexity index is 731. The number of hydrogen-bond donors (Lipinski definition) is 2. The second kappa shape index (κ2) is 7.53. The van der Waals surface area contributed by atoms with Crippen LogP contribution in [0.25, 0.3) is 0 Å². The van der Waals surface area contributed by atoms with E-state index in [1.165, 1.54) is 30.3 Å². The molecular formula is C17H24N2O5S. The molecule has 8 heteroatoms. The van der Waals surface area contributed by atoms with E-state index in [2.05, 4.69) is 5.32 Å². The van der Waals surface area contributed by atoms with E-state index in [0.29, 0.717) is 19.4 Å². The van der Waals surface area contributed by atoms with Crippen LogP contribution in [0.15, 0.2) is 35.2 Å². The van der Waals surface area contributed by atoms with Gasteiger partial charge in [0, 0.05) is 19.6 Å². The van der Waals surface area contributed by atoms with Crippen LogP contribution in [0.3, 0.4) is 0 Å². The maximum Gasteiger partial charge on any atom is 0.310 e.